The third-order valence-electron chi connectivity index (χ3n) is 10.3. The van der Waals surface area contributed by atoms with Gasteiger partial charge in [-0.2, -0.15) is 5.10 Å². The zero-order chi connectivity index (χ0) is 31.0. The average molecular weight is 604 g/mol. The Kier molecular flexibility index (Phi) is 6.41. The normalized spacial score (nSPS) is 19.3. The summed E-state index contributed by atoms with van der Waals surface area (Å²) < 4.78 is 9.77. The minimum absolute atomic E-state index is 0.0455. The number of ether oxygens (including phenoxy) is 1. The molecular formula is C36H37N5O4. The number of aryl methyl sites for hydroxylation is 1. The highest BCUT2D eigenvalue weighted by Gasteiger charge is 2.39. The van der Waals surface area contributed by atoms with Crippen molar-refractivity contribution >= 4 is 34.4 Å². The second kappa shape index (κ2) is 10.4. The van der Waals surface area contributed by atoms with Gasteiger partial charge >= 0.3 is 5.97 Å². The first-order valence-corrected chi connectivity index (χ1v) is 15.9. The van der Waals surface area contributed by atoms with Crippen LogP contribution >= 0.6 is 0 Å². The predicted molar refractivity (Wildman–Crippen MR) is 173 cm³/mol. The lowest BCUT2D eigenvalue weighted by atomic mass is 9.81. The Hall–Kier alpha value is -4.79. The Morgan fingerprint density at radius 3 is 2.56 bits per heavy atom. The zero-order valence-corrected chi connectivity index (χ0v) is 25.9. The van der Waals surface area contributed by atoms with E-state index in [9.17, 15) is 14.7 Å². The van der Waals surface area contributed by atoms with Gasteiger partial charge in [-0.05, 0) is 71.9 Å². The monoisotopic (exact) mass is 603 g/mol. The molecular weight excluding hydrogens is 566 g/mol. The summed E-state index contributed by atoms with van der Waals surface area (Å²) in [4.78, 5) is 30.4. The molecule has 2 aromatic heterocycles. The number of rotatable bonds is 5. The van der Waals surface area contributed by atoms with Crippen LogP contribution in [0.25, 0.3) is 33.8 Å². The third kappa shape index (κ3) is 4.31. The predicted octanol–water partition coefficient (Wildman–Crippen LogP) is 6.35. The first-order valence-electron chi connectivity index (χ1n) is 15.9. The van der Waals surface area contributed by atoms with Crippen molar-refractivity contribution in [1.29, 1.82) is 0 Å². The van der Waals surface area contributed by atoms with E-state index < -0.39 is 5.97 Å². The fourth-order valence-electron chi connectivity index (χ4n) is 8.16. The van der Waals surface area contributed by atoms with E-state index in [1.54, 1.807) is 24.1 Å². The van der Waals surface area contributed by atoms with Gasteiger partial charge in [-0.25, -0.2) is 4.79 Å². The Morgan fingerprint density at radius 2 is 1.84 bits per heavy atom. The number of hydrogen-bond donors (Lipinski definition) is 1. The van der Waals surface area contributed by atoms with Crippen LogP contribution in [0.4, 0.5) is 0 Å². The molecule has 2 bridgehead atoms. The number of likely N-dealkylation sites (tertiary alicyclic amines) is 1. The Labute approximate surface area is 262 Å². The highest BCUT2D eigenvalue weighted by Crippen LogP contribution is 2.48. The fourth-order valence-corrected chi connectivity index (χ4v) is 8.16. The van der Waals surface area contributed by atoms with Gasteiger partial charge in [0.1, 0.15) is 5.75 Å². The van der Waals surface area contributed by atoms with Crippen molar-refractivity contribution in [3.05, 3.63) is 82.4 Å². The van der Waals surface area contributed by atoms with Crippen molar-refractivity contribution in [3.8, 4) is 17.0 Å². The van der Waals surface area contributed by atoms with Gasteiger partial charge in [-0.3, -0.25) is 9.48 Å². The average Bonchev–Trinajstić information content (AvgIpc) is 3.79. The molecule has 1 saturated heterocycles. The summed E-state index contributed by atoms with van der Waals surface area (Å²) in [5.74, 6) is 0.151. The minimum atomic E-state index is -0.944. The number of carboxylic acids is 1. The van der Waals surface area contributed by atoms with Crippen LogP contribution < -0.4 is 4.74 Å². The Balaban J connectivity index is 1.35. The van der Waals surface area contributed by atoms with Gasteiger partial charge in [-0.15, -0.1) is 0 Å². The van der Waals surface area contributed by atoms with E-state index in [0.717, 1.165) is 70.5 Å². The lowest BCUT2D eigenvalue weighted by Crippen LogP contribution is -2.39. The number of carboxylic acid groups (broad SMARTS) is 1. The molecule has 1 saturated carbocycles. The van der Waals surface area contributed by atoms with Crippen molar-refractivity contribution in [2.45, 2.75) is 57.0 Å². The van der Waals surface area contributed by atoms with Crippen LogP contribution in [-0.2, 0) is 13.6 Å². The number of allylic oxidation sites excluding steroid dienone is 1. The molecule has 4 aromatic rings. The van der Waals surface area contributed by atoms with Gasteiger partial charge in [0.05, 0.1) is 48.4 Å². The molecule has 1 N–H and O–H groups in total. The quantitative estimate of drug-likeness (QED) is 0.286. The highest BCUT2D eigenvalue weighted by molar-refractivity contribution is 6.04. The SMILES string of the molecule is COc1ccc2c(c1)C=C(c1c(C(=O)N3C=C4CC3CN4C)cnn1C)Cn1c-2c(C2CCCCC2)c2ccc(C(=O)O)cc21. The van der Waals surface area contributed by atoms with E-state index in [1.165, 1.54) is 30.5 Å². The minimum Gasteiger partial charge on any atom is -0.497 e. The van der Waals surface area contributed by atoms with Crippen molar-refractivity contribution < 1.29 is 19.4 Å². The summed E-state index contributed by atoms with van der Waals surface area (Å²) in [6.45, 7) is 1.29. The molecule has 2 fully saturated rings. The number of nitrogens with zero attached hydrogens (tertiary/aromatic N) is 5. The molecule has 5 heterocycles. The van der Waals surface area contributed by atoms with Crippen molar-refractivity contribution in [1.82, 2.24) is 24.1 Å². The number of carbonyl (C=O) groups is 2. The number of methoxy groups -OCH3 is 1. The lowest BCUT2D eigenvalue weighted by molar-refractivity contribution is 0.0696. The van der Waals surface area contributed by atoms with Crippen molar-refractivity contribution in [2.24, 2.45) is 7.05 Å². The van der Waals surface area contributed by atoms with E-state index in [0.29, 0.717) is 18.0 Å². The molecule has 45 heavy (non-hydrogen) atoms. The van der Waals surface area contributed by atoms with E-state index in [-0.39, 0.29) is 17.5 Å². The zero-order valence-electron chi connectivity index (χ0n) is 25.9. The molecule has 0 radical (unpaired) electrons. The van der Waals surface area contributed by atoms with Gasteiger partial charge in [0.25, 0.3) is 5.91 Å². The number of aromatic carboxylic acids is 1. The summed E-state index contributed by atoms with van der Waals surface area (Å²) in [5, 5.41) is 15.7. The summed E-state index contributed by atoms with van der Waals surface area (Å²) in [6, 6.07) is 11.9. The molecule has 8 rings (SSSR count). The number of carbonyl (C=O) groups excluding carboxylic acids is 1. The topological polar surface area (TPSA) is 92.8 Å². The van der Waals surface area contributed by atoms with Gasteiger partial charge in [0.15, 0.2) is 0 Å². The maximum Gasteiger partial charge on any atom is 0.335 e. The molecule has 1 unspecified atom stereocenters. The van der Waals surface area contributed by atoms with Crippen LogP contribution in [0, 0.1) is 0 Å². The molecule has 4 aliphatic rings. The second-order valence-electron chi connectivity index (χ2n) is 12.9. The van der Waals surface area contributed by atoms with Crippen LogP contribution in [0.2, 0.25) is 0 Å². The number of benzene rings is 2. The van der Waals surface area contributed by atoms with Gasteiger partial charge in [0.2, 0.25) is 0 Å². The van der Waals surface area contributed by atoms with Gasteiger partial charge in [0, 0.05) is 55.4 Å². The van der Waals surface area contributed by atoms with Crippen LogP contribution in [-0.4, -0.2) is 67.9 Å². The van der Waals surface area contributed by atoms with E-state index in [4.69, 9.17) is 4.74 Å². The van der Waals surface area contributed by atoms with Crippen LogP contribution in [0.5, 0.6) is 5.75 Å². The number of amides is 1. The van der Waals surface area contributed by atoms with Crippen LogP contribution in [0.15, 0.2) is 54.5 Å². The van der Waals surface area contributed by atoms with E-state index in [2.05, 4.69) is 39.8 Å². The van der Waals surface area contributed by atoms with Gasteiger partial charge < -0.3 is 24.2 Å². The smallest absolute Gasteiger partial charge is 0.335 e. The molecule has 0 spiro atoms. The highest BCUT2D eigenvalue weighted by atomic mass is 16.5. The molecule has 9 nitrogen and oxygen atoms in total. The lowest BCUT2D eigenvalue weighted by Gasteiger charge is -2.27. The van der Waals surface area contributed by atoms with Crippen molar-refractivity contribution in [2.75, 3.05) is 20.7 Å². The van der Waals surface area contributed by atoms with Crippen LogP contribution in [0.3, 0.4) is 0 Å². The molecule has 1 aliphatic carbocycles. The maximum absolute atomic E-state index is 14.1. The standard InChI is InChI=1S/C36H37N5O4/c1-38-19-26-16-25(38)20-40(26)35(42)30-17-37-39(2)33(30)24-13-23-14-27(45-3)10-12-28(23)34-32(21-7-5-4-6-8-21)29-11-9-22(36(43)44)15-31(29)41(34)18-24/h9-15,17,20-21,26H,4-8,16,18-19H2,1-3H3,(H,43,44). The summed E-state index contributed by atoms with van der Waals surface area (Å²) in [5.41, 5.74) is 9.14. The van der Waals surface area contributed by atoms with E-state index in [1.807, 2.05) is 36.3 Å². The van der Waals surface area contributed by atoms with E-state index >= 15 is 0 Å². The Morgan fingerprint density at radius 1 is 1.02 bits per heavy atom. The molecule has 1 amide bonds. The van der Waals surface area contributed by atoms with Crippen LogP contribution in [0.1, 0.15) is 82.0 Å². The Bertz CT molecular complexity index is 1960. The first-order chi connectivity index (χ1) is 21.8. The largest absolute Gasteiger partial charge is 0.497 e. The maximum atomic E-state index is 14.1. The van der Waals surface area contributed by atoms with Crippen molar-refractivity contribution in [3.63, 3.8) is 0 Å². The summed E-state index contributed by atoms with van der Waals surface area (Å²) in [6.07, 6.45) is 12.6. The summed E-state index contributed by atoms with van der Waals surface area (Å²) in [7, 11) is 5.63. The van der Waals surface area contributed by atoms with Gasteiger partial charge in [-0.1, -0.05) is 25.3 Å². The summed E-state index contributed by atoms with van der Waals surface area (Å²) >= 11 is 0. The number of likely N-dealkylation sites (N-methyl/N-ethyl adjacent to an activating group) is 1. The first kappa shape index (κ1) is 27.7. The number of aromatic nitrogens is 3. The molecule has 230 valence electrons. The third-order valence-corrected chi connectivity index (χ3v) is 10.3. The molecule has 1 atom stereocenters. The second-order valence-corrected chi connectivity index (χ2v) is 12.9. The number of fused-ring (bicyclic) bond motifs is 7. The molecule has 9 heteroatoms. The molecule has 3 aliphatic heterocycles. The fraction of sp³-hybridized carbons (Fsp3) is 0.361. The molecule has 2 aromatic carbocycles. The number of hydrogen-bond acceptors (Lipinski definition) is 5.